The second-order valence-corrected chi connectivity index (χ2v) is 7.24. The van der Waals surface area contributed by atoms with Crippen molar-refractivity contribution >= 4 is 17.9 Å². The van der Waals surface area contributed by atoms with Crippen LogP contribution in [-0.2, 0) is 11.3 Å². The van der Waals surface area contributed by atoms with Crippen LogP contribution in [0.25, 0.3) is 6.08 Å². The third-order valence-electron chi connectivity index (χ3n) is 4.40. The van der Waals surface area contributed by atoms with E-state index in [4.69, 9.17) is 4.42 Å². The standard InChI is InChI=1S/C21H26N4O3/c1-12(2)11-25-13(3)7-17(15(25)5)9-18(10-22)20(26)23-24-21(27)19-8-14(4)28-16(19)6/h7-9,12H,11H2,1-6H3,(H,23,26)(H,24,27)/b18-9+. The van der Waals surface area contributed by atoms with E-state index in [0.717, 1.165) is 23.5 Å². The van der Waals surface area contributed by atoms with E-state index in [2.05, 4.69) is 29.3 Å². The molecule has 0 aliphatic heterocycles. The van der Waals surface area contributed by atoms with E-state index in [9.17, 15) is 14.9 Å². The maximum Gasteiger partial charge on any atom is 0.280 e. The van der Waals surface area contributed by atoms with Crippen LogP contribution in [0.5, 0.6) is 0 Å². The molecule has 2 N–H and O–H groups in total. The van der Waals surface area contributed by atoms with Crippen LogP contribution in [-0.4, -0.2) is 16.4 Å². The van der Waals surface area contributed by atoms with Crippen LogP contribution >= 0.6 is 0 Å². The fourth-order valence-corrected chi connectivity index (χ4v) is 3.03. The number of hydrogen-bond donors (Lipinski definition) is 2. The van der Waals surface area contributed by atoms with Gasteiger partial charge in [0.15, 0.2) is 0 Å². The Bertz CT molecular complexity index is 971. The fourth-order valence-electron chi connectivity index (χ4n) is 3.03. The van der Waals surface area contributed by atoms with Crippen molar-refractivity contribution in [3.8, 4) is 6.07 Å². The molecule has 0 fully saturated rings. The summed E-state index contributed by atoms with van der Waals surface area (Å²) >= 11 is 0. The van der Waals surface area contributed by atoms with E-state index in [1.165, 1.54) is 6.08 Å². The van der Waals surface area contributed by atoms with Crippen molar-refractivity contribution in [1.82, 2.24) is 15.4 Å². The number of carbonyl (C=O) groups is 2. The van der Waals surface area contributed by atoms with Crippen molar-refractivity contribution in [2.75, 3.05) is 0 Å². The van der Waals surface area contributed by atoms with Crippen molar-refractivity contribution in [3.05, 3.63) is 51.7 Å². The molecule has 28 heavy (non-hydrogen) atoms. The Labute approximate surface area is 165 Å². The van der Waals surface area contributed by atoms with Crippen molar-refractivity contribution in [3.63, 3.8) is 0 Å². The number of furan rings is 1. The molecule has 0 aliphatic carbocycles. The van der Waals surface area contributed by atoms with Crippen LogP contribution in [0.1, 0.15) is 52.7 Å². The normalized spacial score (nSPS) is 11.4. The van der Waals surface area contributed by atoms with Crippen LogP contribution in [0.2, 0.25) is 0 Å². The number of hydrogen-bond acceptors (Lipinski definition) is 4. The summed E-state index contributed by atoms with van der Waals surface area (Å²) in [6.07, 6.45) is 1.54. The third-order valence-corrected chi connectivity index (χ3v) is 4.40. The molecular formula is C21H26N4O3. The van der Waals surface area contributed by atoms with Gasteiger partial charge in [0, 0.05) is 17.9 Å². The molecule has 0 saturated heterocycles. The van der Waals surface area contributed by atoms with Crippen LogP contribution < -0.4 is 10.9 Å². The van der Waals surface area contributed by atoms with E-state index < -0.39 is 11.8 Å². The van der Waals surface area contributed by atoms with Crippen LogP contribution in [0.4, 0.5) is 0 Å². The van der Waals surface area contributed by atoms with Gasteiger partial charge in [-0.2, -0.15) is 5.26 Å². The second-order valence-electron chi connectivity index (χ2n) is 7.24. The first-order valence-corrected chi connectivity index (χ1v) is 9.10. The molecule has 2 aromatic heterocycles. The first-order valence-electron chi connectivity index (χ1n) is 9.10. The summed E-state index contributed by atoms with van der Waals surface area (Å²) in [5, 5.41) is 9.39. The number of aryl methyl sites for hydroxylation is 3. The highest BCUT2D eigenvalue weighted by Gasteiger charge is 2.17. The minimum absolute atomic E-state index is 0.0924. The predicted molar refractivity (Wildman–Crippen MR) is 106 cm³/mol. The Kier molecular flexibility index (Phi) is 6.47. The topological polar surface area (TPSA) is 100 Å². The van der Waals surface area contributed by atoms with Crippen LogP contribution in [0, 0.1) is 44.9 Å². The van der Waals surface area contributed by atoms with Gasteiger partial charge in [-0.3, -0.25) is 20.4 Å². The molecule has 0 unspecified atom stereocenters. The Morgan fingerprint density at radius 1 is 1.21 bits per heavy atom. The summed E-state index contributed by atoms with van der Waals surface area (Å²) in [5.74, 6) is 0.351. The van der Waals surface area contributed by atoms with Gasteiger partial charge in [-0.05, 0) is 57.4 Å². The van der Waals surface area contributed by atoms with Gasteiger partial charge in [0.25, 0.3) is 11.8 Å². The number of nitrogens with one attached hydrogen (secondary N) is 2. The van der Waals surface area contributed by atoms with Crippen molar-refractivity contribution in [1.29, 1.82) is 5.26 Å². The van der Waals surface area contributed by atoms with Gasteiger partial charge in [0.2, 0.25) is 0 Å². The van der Waals surface area contributed by atoms with Crippen LogP contribution in [0.15, 0.2) is 22.1 Å². The first kappa shape index (κ1) is 21.0. The van der Waals surface area contributed by atoms with Gasteiger partial charge in [-0.1, -0.05) is 13.8 Å². The van der Waals surface area contributed by atoms with Crippen molar-refractivity contribution in [2.45, 2.75) is 48.1 Å². The molecule has 0 aromatic carbocycles. The van der Waals surface area contributed by atoms with E-state index in [0.29, 0.717) is 23.0 Å². The average Bonchev–Trinajstić information content (AvgIpc) is 3.09. The molecule has 0 spiro atoms. The lowest BCUT2D eigenvalue weighted by Crippen LogP contribution is -2.42. The minimum Gasteiger partial charge on any atom is -0.466 e. The van der Waals surface area contributed by atoms with Crippen molar-refractivity contribution in [2.24, 2.45) is 5.92 Å². The molecule has 2 rings (SSSR count). The van der Waals surface area contributed by atoms with Crippen molar-refractivity contribution < 1.29 is 14.0 Å². The van der Waals surface area contributed by atoms with E-state index >= 15 is 0 Å². The Morgan fingerprint density at radius 3 is 2.43 bits per heavy atom. The zero-order valence-corrected chi connectivity index (χ0v) is 17.1. The number of aromatic nitrogens is 1. The summed E-state index contributed by atoms with van der Waals surface area (Å²) in [6.45, 7) is 12.5. The maximum absolute atomic E-state index is 12.3. The van der Waals surface area contributed by atoms with Gasteiger partial charge >= 0.3 is 0 Å². The summed E-state index contributed by atoms with van der Waals surface area (Å²) in [4.78, 5) is 24.5. The van der Waals surface area contributed by atoms with Gasteiger partial charge in [-0.25, -0.2) is 0 Å². The zero-order chi connectivity index (χ0) is 21.0. The quantitative estimate of drug-likeness (QED) is 0.470. The second kappa shape index (κ2) is 8.61. The number of rotatable bonds is 5. The smallest absolute Gasteiger partial charge is 0.280 e. The molecule has 7 heteroatoms. The van der Waals surface area contributed by atoms with Crippen LogP contribution in [0.3, 0.4) is 0 Å². The summed E-state index contributed by atoms with van der Waals surface area (Å²) < 4.78 is 7.47. The highest BCUT2D eigenvalue weighted by Crippen LogP contribution is 2.20. The molecule has 2 amide bonds. The summed E-state index contributed by atoms with van der Waals surface area (Å²) in [6, 6.07) is 5.42. The molecule has 0 aliphatic rings. The number of carbonyl (C=O) groups excluding carboxylic acids is 2. The van der Waals surface area contributed by atoms with Gasteiger partial charge in [-0.15, -0.1) is 0 Å². The third kappa shape index (κ3) is 4.71. The molecule has 0 radical (unpaired) electrons. The lowest BCUT2D eigenvalue weighted by atomic mass is 10.1. The maximum atomic E-state index is 12.3. The Morgan fingerprint density at radius 2 is 1.89 bits per heavy atom. The molecule has 2 aromatic rings. The molecule has 0 atom stereocenters. The molecule has 0 saturated carbocycles. The van der Waals surface area contributed by atoms with Gasteiger partial charge < -0.3 is 8.98 Å². The minimum atomic E-state index is -0.678. The monoisotopic (exact) mass is 382 g/mol. The lowest BCUT2D eigenvalue weighted by molar-refractivity contribution is -0.117. The van der Waals surface area contributed by atoms with E-state index in [1.807, 2.05) is 26.0 Å². The number of nitrogens with zero attached hydrogens (tertiary/aromatic N) is 2. The van der Waals surface area contributed by atoms with Gasteiger partial charge in [0.05, 0.1) is 5.56 Å². The summed E-state index contributed by atoms with van der Waals surface area (Å²) in [7, 11) is 0. The molecule has 148 valence electrons. The first-order chi connectivity index (χ1) is 13.1. The van der Waals surface area contributed by atoms with E-state index in [1.54, 1.807) is 19.9 Å². The highest BCUT2D eigenvalue weighted by atomic mass is 16.3. The number of amides is 2. The molecular weight excluding hydrogens is 356 g/mol. The molecule has 2 heterocycles. The highest BCUT2D eigenvalue weighted by molar-refractivity contribution is 6.04. The SMILES string of the molecule is Cc1cc(C(=O)NNC(=O)/C(C#N)=C/c2cc(C)n(CC(C)C)c2C)c(C)o1. The Hall–Kier alpha value is -3.27. The largest absolute Gasteiger partial charge is 0.466 e. The fraction of sp³-hybridized carbons (Fsp3) is 0.381. The summed E-state index contributed by atoms with van der Waals surface area (Å²) in [5.41, 5.74) is 7.69. The zero-order valence-electron chi connectivity index (χ0n) is 17.1. The average molecular weight is 382 g/mol. The van der Waals surface area contributed by atoms with E-state index in [-0.39, 0.29) is 5.57 Å². The number of nitriles is 1. The lowest BCUT2D eigenvalue weighted by Gasteiger charge is -2.12. The predicted octanol–water partition coefficient (Wildman–Crippen LogP) is 3.34. The number of hydrazine groups is 1. The van der Waals surface area contributed by atoms with Gasteiger partial charge in [0.1, 0.15) is 23.2 Å². The molecule has 7 nitrogen and oxygen atoms in total. The molecule has 0 bridgehead atoms. The Balaban J connectivity index is 2.14.